The number of hydrogen-bond donors (Lipinski definition) is 1. The molecule has 0 heterocycles. The highest BCUT2D eigenvalue weighted by molar-refractivity contribution is 5.94. The van der Waals surface area contributed by atoms with Crippen LogP contribution in [0.15, 0.2) is 42.5 Å². The number of hydrogen-bond acceptors (Lipinski definition) is 2. The Labute approximate surface area is 140 Å². The fourth-order valence-electron chi connectivity index (χ4n) is 2.39. The number of halogens is 1. The van der Waals surface area contributed by atoms with Crippen molar-refractivity contribution in [1.82, 2.24) is 4.90 Å². The zero-order valence-corrected chi connectivity index (χ0v) is 13.8. The van der Waals surface area contributed by atoms with Gasteiger partial charge in [-0.1, -0.05) is 35.9 Å². The lowest BCUT2D eigenvalue weighted by Gasteiger charge is -2.17. The predicted octanol–water partition coefficient (Wildman–Crippen LogP) is 3.74. The molecule has 4 nitrogen and oxygen atoms in total. The molecule has 126 valence electrons. The Morgan fingerprint density at radius 2 is 1.71 bits per heavy atom. The Kier molecular flexibility index (Phi) is 5.68. The third kappa shape index (κ3) is 4.41. The molecule has 0 spiro atoms. The van der Waals surface area contributed by atoms with Gasteiger partial charge in [-0.15, -0.1) is 0 Å². The normalized spacial score (nSPS) is 10.5. The molecule has 0 bridgehead atoms. The summed E-state index contributed by atoms with van der Waals surface area (Å²) in [5, 5.41) is 8.62. The second-order valence-electron chi connectivity index (χ2n) is 5.78. The highest BCUT2D eigenvalue weighted by Gasteiger charge is 2.17. The van der Waals surface area contributed by atoms with E-state index in [1.165, 1.54) is 24.1 Å². The molecular weight excluding hydrogens is 309 g/mol. The summed E-state index contributed by atoms with van der Waals surface area (Å²) in [6.07, 6.45) is 0.313. The van der Waals surface area contributed by atoms with Crippen LogP contribution >= 0.6 is 0 Å². The van der Waals surface area contributed by atoms with E-state index in [0.29, 0.717) is 12.0 Å². The van der Waals surface area contributed by atoms with Crippen LogP contribution in [0.25, 0.3) is 11.1 Å². The first-order valence-electron chi connectivity index (χ1n) is 7.72. The molecule has 2 aromatic carbocycles. The van der Waals surface area contributed by atoms with E-state index < -0.39 is 17.7 Å². The van der Waals surface area contributed by atoms with E-state index in [4.69, 9.17) is 5.11 Å². The van der Waals surface area contributed by atoms with Gasteiger partial charge in [-0.2, -0.15) is 0 Å². The molecule has 0 aromatic heterocycles. The topological polar surface area (TPSA) is 57.6 Å². The molecule has 0 aliphatic rings. The van der Waals surface area contributed by atoms with Crippen LogP contribution in [-0.2, 0) is 4.79 Å². The number of carboxylic acids is 1. The van der Waals surface area contributed by atoms with Gasteiger partial charge in [0.1, 0.15) is 5.82 Å². The third-order valence-corrected chi connectivity index (χ3v) is 3.82. The molecule has 0 aliphatic heterocycles. The Hall–Kier alpha value is -2.69. The number of aryl methyl sites for hydroxylation is 1. The highest BCUT2D eigenvalue weighted by Crippen LogP contribution is 2.23. The van der Waals surface area contributed by atoms with Gasteiger partial charge in [0.15, 0.2) is 0 Å². The maximum absolute atomic E-state index is 14.3. The maximum Gasteiger partial charge on any atom is 0.303 e. The first-order chi connectivity index (χ1) is 11.4. The van der Waals surface area contributed by atoms with Crippen LogP contribution in [0.2, 0.25) is 0 Å². The van der Waals surface area contributed by atoms with Crippen LogP contribution in [0.5, 0.6) is 0 Å². The Morgan fingerprint density at radius 3 is 2.29 bits per heavy atom. The van der Waals surface area contributed by atoms with E-state index in [0.717, 1.165) is 11.1 Å². The SMILES string of the molecule is Cc1ccc(-c2ccc(C(=O)N(C)CCCC(=O)O)c(F)c2)cc1. The van der Waals surface area contributed by atoms with Crippen LogP contribution in [0, 0.1) is 12.7 Å². The van der Waals surface area contributed by atoms with Gasteiger partial charge in [-0.25, -0.2) is 4.39 Å². The fraction of sp³-hybridized carbons (Fsp3) is 0.263. The summed E-state index contributed by atoms with van der Waals surface area (Å²) < 4.78 is 14.3. The zero-order chi connectivity index (χ0) is 17.7. The quantitative estimate of drug-likeness (QED) is 0.878. The molecule has 5 heteroatoms. The van der Waals surface area contributed by atoms with Crippen molar-refractivity contribution in [3.8, 4) is 11.1 Å². The summed E-state index contributed by atoms with van der Waals surface area (Å²) in [5.74, 6) is -1.94. The molecule has 2 aromatic rings. The van der Waals surface area contributed by atoms with E-state index in [9.17, 15) is 14.0 Å². The van der Waals surface area contributed by atoms with Crippen LogP contribution in [0.3, 0.4) is 0 Å². The molecule has 1 N–H and O–H groups in total. The number of carbonyl (C=O) groups excluding carboxylic acids is 1. The third-order valence-electron chi connectivity index (χ3n) is 3.82. The van der Waals surface area contributed by atoms with E-state index in [2.05, 4.69) is 0 Å². The largest absolute Gasteiger partial charge is 0.481 e. The van der Waals surface area contributed by atoms with Gasteiger partial charge in [0.25, 0.3) is 5.91 Å². The Bertz CT molecular complexity index is 741. The minimum absolute atomic E-state index is 0.0105. The molecule has 0 saturated carbocycles. The van der Waals surface area contributed by atoms with E-state index in [1.54, 1.807) is 6.07 Å². The summed E-state index contributed by atoms with van der Waals surface area (Å²) in [6.45, 7) is 2.25. The molecule has 0 radical (unpaired) electrons. The van der Waals surface area contributed by atoms with Crippen molar-refractivity contribution in [2.75, 3.05) is 13.6 Å². The Morgan fingerprint density at radius 1 is 1.08 bits per heavy atom. The predicted molar refractivity (Wildman–Crippen MR) is 90.4 cm³/mol. The lowest BCUT2D eigenvalue weighted by molar-refractivity contribution is -0.137. The van der Waals surface area contributed by atoms with Crippen molar-refractivity contribution in [3.05, 3.63) is 59.4 Å². The molecule has 24 heavy (non-hydrogen) atoms. The van der Waals surface area contributed by atoms with Crippen LogP contribution < -0.4 is 0 Å². The van der Waals surface area contributed by atoms with Crippen LogP contribution in [0.4, 0.5) is 4.39 Å². The van der Waals surface area contributed by atoms with Gasteiger partial charge < -0.3 is 10.0 Å². The second kappa shape index (κ2) is 7.73. The summed E-state index contributed by atoms with van der Waals surface area (Å²) in [5.41, 5.74) is 2.70. The molecule has 1 amide bonds. The number of rotatable bonds is 6. The minimum Gasteiger partial charge on any atom is -0.481 e. The summed E-state index contributed by atoms with van der Waals surface area (Å²) in [6, 6.07) is 12.2. The second-order valence-corrected chi connectivity index (χ2v) is 5.78. The van der Waals surface area contributed by atoms with Crippen molar-refractivity contribution in [2.24, 2.45) is 0 Å². The Balaban J connectivity index is 2.12. The summed E-state index contributed by atoms with van der Waals surface area (Å²) >= 11 is 0. The molecule has 0 saturated heterocycles. The average molecular weight is 329 g/mol. The fourth-order valence-corrected chi connectivity index (χ4v) is 2.39. The van der Waals surface area contributed by atoms with Crippen molar-refractivity contribution in [1.29, 1.82) is 0 Å². The lowest BCUT2D eigenvalue weighted by Crippen LogP contribution is -2.28. The lowest BCUT2D eigenvalue weighted by atomic mass is 10.0. The molecule has 2 rings (SSSR count). The van der Waals surface area contributed by atoms with Gasteiger partial charge in [0.05, 0.1) is 5.56 Å². The first-order valence-corrected chi connectivity index (χ1v) is 7.72. The van der Waals surface area contributed by atoms with E-state index in [-0.39, 0.29) is 18.5 Å². The van der Waals surface area contributed by atoms with Crippen molar-refractivity contribution >= 4 is 11.9 Å². The minimum atomic E-state index is -0.913. The first kappa shape index (κ1) is 17.7. The molecule has 0 unspecified atom stereocenters. The van der Waals surface area contributed by atoms with Gasteiger partial charge in [-0.05, 0) is 36.6 Å². The highest BCUT2D eigenvalue weighted by atomic mass is 19.1. The van der Waals surface area contributed by atoms with E-state index >= 15 is 0 Å². The number of carboxylic acid groups (broad SMARTS) is 1. The van der Waals surface area contributed by atoms with E-state index in [1.807, 2.05) is 31.2 Å². The smallest absolute Gasteiger partial charge is 0.303 e. The van der Waals surface area contributed by atoms with Gasteiger partial charge in [-0.3, -0.25) is 9.59 Å². The zero-order valence-electron chi connectivity index (χ0n) is 13.8. The monoisotopic (exact) mass is 329 g/mol. The van der Waals surface area contributed by atoms with Gasteiger partial charge in [0.2, 0.25) is 0 Å². The standard InChI is InChI=1S/C19H20FNO3/c1-13-5-7-14(8-6-13)15-9-10-16(17(20)12-15)19(24)21(2)11-3-4-18(22)23/h5-10,12H,3-4,11H2,1-2H3,(H,22,23). The summed E-state index contributed by atoms with van der Waals surface area (Å²) in [7, 11) is 1.54. The van der Waals surface area contributed by atoms with Gasteiger partial charge >= 0.3 is 5.97 Å². The van der Waals surface area contributed by atoms with Crippen molar-refractivity contribution in [2.45, 2.75) is 19.8 Å². The molecule has 0 atom stereocenters. The molecule has 0 aliphatic carbocycles. The molecular formula is C19H20FNO3. The number of carbonyl (C=O) groups is 2. The number of benzene rings is 2. The number of aliphatic carboxylic acids is 1. The maximum atomic E-state index is 14.3. The average Bonchev–Trinajstić information content (AvgIpc) is 2.54. The van der Waals surface area contributed by atoms with Crippen LogP contribution in [0.1, 0.15) is 28.8 Å². The molecule has 0 fully saturated rings. The van der Waals surface area contributed by atoms with Crippen LogP contribution in [-0.4, -0.2) is 35.5 Å². The number of amides is 1. The van der Waals surface area contributed by atoms with Gasteiger partial charge in [0, 0.05) is 20.0 Å². The van der Waals surface area contributed by atoms with Crippen molar-refractivity contribution in [3.63, 3.8) is 0 Å². The van der Waals surface area contributed by atoms with Crippen molar-refractivity contribution < 1.29 is 19.1 Å². The number of nitrogens with zero attached hydrogens (tertiary/aromatic N) is 1. The summed E-state index contributed by atoms with van der Waals surface area (Å²) in [4.78, 5) is 24.1.